The van der Waals surface area contributed by atoms with Gasteiger partial charge in [-0.05, 0) is 62.2 Å². The molecule has 0 aliphatic heterocycles. The highest BCUT2D eigenvalue weighted by atomic mass is 32.2. The minimum atomic E-state index is -3.61. The fourth-order valence-electron chi connectivity index (χ4n) is 3.15. The predicted octanol–water partition coefficient (Wildman–Crippen LogP) is 4.61. The van der Waals surface area contributed by atoms with Crippen molar-refractivity contribution >= 4 is 26.3 Å². The van der Waals surface area contributed by atoms with Crippen LogP contribution >= 0.6 is 11.3 Å². The summed E-state index contributed by atoms with van der Waals surface area (Å²) in [7, 11) is -3.61. The first-order chi connectivity index (χ1) is 13.7. The molecule has 0 amide bonds. The highest BCUT2D eigenvalue weighted by molar-refractivity contribution is 7.89. The summed E-state index contributed by atoms with van der Waals surface area (Å²) < 4.78 is 43.3. The zero-order valence-electron chi connectivity index (χ0n) is 16.2. The molecule has 5 nitrogen and oxygen atoms in total. The van der Waals surface area contributed by atoms with Gasteiger partial charge in [-0.3, -0.25) is 4.40 Å². The second kappa shape index (κ2) is 7.37. The molecular weight excluding hydrogens is 409 g/mol. The van der Waals surface area contributed by atoms with Gasteiger partial charge in [0.25, 0.3) is 0 Å². The Kier molecular flexibility index (Phi) is 5.02. The lowest BCUT2D eigenvalue weighted by molar-refractivity contribution is 0.581. The Morgan fingerprint density at radius 2 is 1.83 bits per heavy atom. The predicted molar refractivity (Wildman–Crippen MR) is 113 cm³/mol. The van der Waals surface area contributed by atoms with Crippen LogP contribution in [0.3, 0.4) is 0 Å². The summed E-state index contributed by atoms with van der Waals surface area (Å²) in [5.41, 5.74) is 4.12. The van der Waals surface area contributed by atoms with Crippen molar-refractivity contribution in [2.75, 3.05) is 0 Å². The quantitative estimate of drug-likeness (QED) is 0.504. The molecule has 4 rings (SSSR count). The topological polar surface area (TPSA) is 63.5 Å². The number of hydrogen-bond acceptors (Lipinski definition) is 4. The van der Waals surface area contributed by atoms with Crippen LogP contribution in [0, 0.1) is 26.6 Å². The summed E-state index contributed by atoms with van der Waals surface area (Å²) >= 11 is 1.44. The van der Waals surface area contributed by atoms with E-state index < -0.39 is 10.0 Å². The lowest BCUT2D eigenvalue weighted by atomic mass is 10.2. The first kappa shape index (κ1) is 19.8. The Hall–Kier alpha value is -2.55. The van der Waals surface area contributed by atoms with Gasteiger partial charge < -0.3 is 0 Å². The van der Waals surface area contributed by atoms with Gasteiger partial charge >= 0.3 is 0 Å². The van der Waals surface area contributed by atoms with E-state index in [1.807, 2.05) is 36.6 Å². The first-order valence-corrected chi connectivity index (χ1v) is 11.3. The number of benzene rings is 2. The van der Waals surface area contributed by atoms with E-state index in [1.54, 1.807) is 25.1 Å². The second-order valence-electron chi connectivity index (χ2n) is 6.99. The summed E-state index contributed by atoms with van der Waals surface area (Å²) in [5, 5.41) is 0. The smallest absolute Gasteiger partial charge is 0.241 e. The molecule has 0 aliphatic carbocycles. The van der Waals surface area contributed by atoms with Crippen LogP contribution in [0.15, 0.2) is 53.6 Å². The number of aryl methyl sites for hydroxylation is 3. The van der Waals surface area contributed by atoms with Crippen LogP contribution in [0.25, 0.3) is 16.2 Å². The van der Waals surface area contributed by atoms with Gasteiger partial charge in [-0.1, -0.05) is 23.5 Å². The maximum absolute atomic E-state index is 13.1. The normalized spacial score (nSPS) is 12.0. The van der Waals surface area contributed by atoms with Crippen LogP contribution in [-0.2, 0) is 16.6 Å². The molecule has 150 valence electrons. The van der Waals surface area contributed by atoms with Crippen molar-refractivity contribution < 1.29 is 12.8 Å². The van der Waals surface area contributed by atoms with Crippen LogP contribution < -0.4 is 4.72 Å². The van der Waals surface area contributed by atoms with E-state index in [1.165, 1.54) is 23.5 Å². The fourth-order valence-corrected chi connectivity index (χ4v) is 5.61. The summed E-state index contributed by atoms with van der Waals surface area (Å²) in [5.74, 6) is -0.288. The number of sulfonamides is 1. The minimum Gasteiger partial charge on any atom is -0.294 e. The zero-order valence-corrected chi connectivity index (χ0v) is 17.9. The molecule has 2 aromatic carbocycles. The average Bonchev–Trinajstić information content (AvgIpc) is 3.22. The number of rotatable bonds is 5. The summed E-state index contributed by atoms with van der Waals surface area (Å²) in [4.78, 5) is 6.57. The van der Waals surface area contributed by atoms with E-state index in [2.05, 4.69) is 9.71 Å². The van der Waals surface area contributed by atoms with Gasteiger partial charge in [0, 0.05) is 28.9 Å². The first-order valence-electron chi connectivity index (χ1n) is 9.05. The second-order valence-corrected chi connectivity index (χ2v) is 9.79. The Morgan fingerprint density at radius 1 is 1.10 bits per heavy atom. The molecule has 4 aromatic rings. The highest BCUT2D eigenvalue weighted by Gasteiger charge is 2.19. The Labute approximate surface area is 172 Å². The van der Waals surface area contributed by atoms with Gasteiger partial charge in [0.05, 0.1) is 10.6 Å². The van der Waals surface area contributed by atoms with E-state index in [0.717, 1.165) is 32.4 Å². The maximum Gasteiger partial charge on any atom is 0.241 e. The van der Waals surface area contributed by atoms with Gasteiger partial charge in [0.2, 0.25) is 10.0 Å². The van der Waals surface area contributed by atoms with Crippen molar-refractivity contribution in [3.05, 3.63) is 76.2 Å². The minimum absolute atomic E-state index is 0.196. The van der Waals surface area contributed by atoms with E-state index in [-0.39, 0.29) is 12.4 Å². The molecule has 0 atom stereocenters. The molecule has 0 bridgehead atoms. The largest absolute Gasteiger partial charge is 0.294 e. The van der Waals surface area contributed by atoms with E-state index in [9.17, 15) is 12.8 Å². The number of fused-ring (bicyclic) bond motifs is 1. The third kappa shape index (κ3) is 3.83. The molecule has 29 heavy (non-hydrogen) atoms. The molecule has 8 heteroatoms. The molecule has 0 radical (unpaired) electrons. The van der Waals surface area contributed by atoms with E-state index >= 15 is 0 Å². The van der Waals surface area contributed by atoms with Gasteiger partial charge in [-0.25, -0.2) is 22.5 Å². The SMILES string of the molecule is Cc1ccc(C)c(S(=O)(=O)NCc2sc3nc(-c4ccc(F)cc4)cn3c2C)c1. The monoisotopic (exact) mass is 429 g/mol. The van der Waals surface area contributed by atoms with Crippen LogP contribution in [0.2, 0.25) is 0 Å². The van der Waals surface area contributed by atoms with Crippen molar-refractivity contribution in [2.24, 2.45) is 0 Å². The summed E-state index contributed by atoms with van der Waals surface area (Å²) in [6.07, 6.45) is 1.89. The van der Waals surface area contributed by atoms with Gasteiger partial charge in [-0.2, -0.15) is 0 Å². The number of nitrogens with zero attached hydrogens (tertiary/aromatic N) is 2. The van der Waals surface area contributed by atoms with Crippen LogP contribution in [0.1, 0.15) is 21.7 Å². The Bertz CT molecular complexity index is 1310. The molecule has 1 N–H and O–H groups in total. The summed E-state index contributed by atoms with van der Waals surface area (Å²) in [6, 6.07) is 11.6. The molecule has 0 spiro atoms. The molecule has 0 saturated heterocycles. The standard InChI is InChI=1S/C21H20FN3O2S2/c1-13-4-5-14(2)20(10-13)29(26,27)23-11-19-15(3)25-12-18(24-21(25)28-19)16-6-8-17(22)9-7-16/h4-10,12,23H,11H2,1-3H3. The lowest BCUT2D eigenvalue weighted by Gasteiger charge is -2.10. The van der Waals surface area contributed by atoms with Crippen molar-refractivity contribution in [3.63, 3.8) is 0 Å². The van der Waals surface area contributed by atoms with Crippen molar-refractivity contribution in [1.82, 2.24) is 14.1 Å². The molecule has 0 unspecified atom stereocenters. The number of hydrogen-bond donors (Lipinski definition) is 1. The van der Waals surface area contributed by atoms with Gasteiger partial charge in [0.15, 0.2) is 4.96 Å². The van der Waals surface area contributed by atoms with Crippen molar-refractivity contribution in [2.45, 2.75) is 32.2 Å². The fraction of sp³-hybridized carbons (Fsp3) is 0.190. The number of imidazole rings is 1. The summed E-state index contributed by atoms with van der Waals surface area (Å²) in [6.45, 7) is 5.79. The lowest BCUT2D eigenvalue weighted by Crippen LogP contribution is -2.24. The number of thiazole rings is 1. The maximum atomic E-state index is 13.1. The van der Waals surface area contributed by atoms with Crippen LogP contribution in [0.5, 0.6) is 0 Å². The average molecular weight is 430 g/mol. The van der Waals surface area contributed by atoms with Crippen LogP contribution in [-0.4, -0.2) is 17.8 Å². The number of halogens is 1. The van der Waals surface area contributed by atoms with Crippen LogP contribution in [0.4, 0.5) is 4.39 Å². The van der Waals surface area contributed by atoms with E-state index in [0.29, 0.717) is 10.5 Å². The van der Waals surface area contributed by atoms with Gasteiger partial charge in [-0.15, -0.1) is 0 Å². The number of nitrogens with one attached hydrogen (secondary N) is 1. The molecular formula is C21H20FN3O2S2. The highest BCUT2D eigenvalue weighted by Crippen LogP contribution is 2.27. The molecule has 0 fully saturated rings. The van der Waals surface area contributed by atoms with E-state index in [4.69, 9.17) is 0 Å². The Morgan fingerprint density at radius 3 is 2.52 bits per heavy atom. The Balaban J connectivity index is 1.59. The third-order valence-electron chi connectivity index (χ3n) is 4.85. The number of aromatic nitrogens is 2. The molecule has 2 heterocycles. The molecule has 2 aromatic heterocycles. The van der Waals surface area contributed by atoms with Crippen molar-refractivity contribution in [3.8, 4) is 11.3 Å². The van der Waals surface area contributed by atoms with Crippen molar-refractivity contribution in [1.29, 1.82) is 0 Å². The zero-order chi connectivity index (χ0) is 20.8. The van der Waals surface area contributed by atoms with Gasteiger partial charge in [0.1, 0.15) is 5.82 Å². The third-order valence-corrected chi connectivity index (χ3v) is 7.55. The molecule has 0 aliphatic rings. The molecule has 0 saturated carbocycles.